The summed E-state index contributed by atoms with van der Waals surface area (Å²) in [6.45, 7) is 6.34. The molecule has 368 valence electrons. The summed E-state index contributed by atoms with van der Waals surface area (Å²) in [6, 6.07) is 0. The molecule has 0 aromatic heterocycles. The Bertz CT molecular complexity index is 1360. The normalized spacial score (nSPS) is 13.0. The number of rotatable bonds is 46. The fourth-order valence-corrected chi connectivity index (χ4v) is 6.87. The van der Waals surface area contributed by atoms with Crippen LogP contribution in [-0.2, 0) is 28.6 Å². The molecule has 0 aliphatic rings. The summed E-state index contributed by atoms with van der Waals surface area (Å²) in [5, 5.41) is 0. The van der Waals surface area contributed by atoms with Gasteiger partial charge in [-0.3, -0.25) is 14.4 Å². The van der Waals surface area contributed by atoms with Gasteiger partial charge in [-0.25, -0.2) is 0 Å². The van der Waals surface area contributed by atoms with Crippen LogP contribution in [0.25, 0.3) is 0 Å². The third-order valence-electron chi connectivity index (χ3n) is 10.8. The van der Waals surface area contributed by atoms with Crippen molar-refractivity contribution >= 4 is 17.9 Å². The van der Waals surface area contributed by atoms with E-state index in [0.29, 0.717) is 19.3 Å². The van der Waals surface area contributed by atoms with E-state index in [1.807, 2.05) is 0 Å². The number of esters is 3. The Morgan fingerprint density at radius 1 is 0.323 bits per heavy atom. The van der Waals surface area contributed by atoms with Gasteiger partial charge in [0.2, 0.25) is 0 Å². The molecule has 0 aliphatic heterocycles. The summed E-state index contributed by atoms with van der Waals surface area (Å²) >= 11 is 0. The number of unbranched alkanes of at least 4 members (excludes halogenated alkanes) is 17. The SMILES string of the molecule is CC/C=C\C/C=C\C/C=C\C/C=C\C/C=C\CCCCCC(=O)OC[C@H](COC(=O)CCCC/C=C\C/C=C\C/C=C\C/C=C\CC)OC(=O)CCCCCCCCCCCCCCC. The molecular weight excluding hydrogens is 805 g/mol. The van der Waals surface area contributed by atoms with Crippen LogP contribution >= 0.6 is 0 Å². The Morgan fingerprint density at radius 2 is 0.600 bits per heavy atom. The second-order valence-corrected chi connectivity index (χ2v) is 17.0. The van der Waals surface area contributed by atoms with E-state index in [0.717, 1.165) is 122 Å². The van der Waals surface area contributed by atoms with E-state index in [4.69, 9.17) is 14.2 Å². The second-order valence-electron chi connectivity index (χ2n) is 17.0. The van der Waals surface area contributed by atoms with Gasteiger partial charge in [0.1, 0.15) is 13.2 Å². The average Bonchev–Trinajstić information content (AvgIpc) is 3.30. The van der Waals surface area contributed by atoms with E-state index >= 15 is 0 Å². The molecule has 0 N–H and O–H groups in total. The van der Waals surface area contributed by atoms with Crippen molar-refractivity contribution in [2.24, 2.45) is 0 Å². The molecular formula is C59H96O6. The maximum Gasteiger partial charge on any atom is 0.306 e. The predicted octanol–water partition coefficient (Wildman–Crippen LogP) is 17.5. The molecule has 0 amide bonds. The van der Waals surface area contributed by atoms with Gasteiger partial charge in [0, 0.05) is 19.3 Å². The minimum Gasteiger partial charge on any atom is -0.462 e. The van der Waals surface area contributed by atoms with Gasteiger partial charge < -0.3 is 14.2 Å². The van der Waals surface area contributed by atoms with Crippen molar-refractivity contribution in [3.63, 3.8) is 0 Å². The molecule has 0 spiro atoms. The number of carbonyl (C=O) groups is 3. The molecule has 65 heavy (non-hydrogen) atoms. The highest BCUT2D eigenvalue weighted by Crippen LogP contribution is 2.14. The van der Waals surface area contributed by atoms with E-state index in [2.05, 4.69) is 130 Å². The molecule has 0 saturated heterocycles. The van der Waals surface area contributed by atoms with Gasteiger partial charge in [-0.1, -0.05) is 214 Å². The van der Waals surface area contributed by atoms with Crippen LogP contribution < -0.4 is 0 Å². The van der Waals surface area contributed by atoms with Crippen molar-refractivity contribution in [3.8, 4) is 0 Å². The zero-order valence-electron chi connectivity index (χ0n) is 42.0. The predicted molar refractivity (Wildman–Crippen MR) is 279 cm³/mol. The molecule has 0 saturated carbocycles. The molecule has 0 radical (unpaired) electrons. The van der Waals surface area contributed by atoms with Crippen molar-refractivity contribution in [2.75, 3.05) is 13.2 Å². The van der Waals surface area contributed by atoms with E-state index < -0.39 is 6.10 Å². The van der Waals surface area contributed by atoms with E-state index in [-0.39, 0.29) is 31.1 Å². The standard InChI is InChI=1S/C59H96O6/c1-4-7-10-13-16-19-22-25-27-28-29-30-32-35-37-40-43-46-49-52-58(61)64-55-56(65-59(62)53-50-47-44-41-38-33-24-21-18-15-12-9-6-3)54-63-57(60)51-48-45-42-39-36-34-31-26-23-20-17-14-11-8-5-2/h7-8,10-11,16-17,19-20,25-27,29-31,35-37,39,56H,4-6,9,12-15,18,21-24,28,32-34,38,40-55H2,1-3H3/b10-7-,11-8-,19-16-,20-17-,27-25-,30-29-,31-26-,37-35-,39-36-/t56-/m0/s1. The minimum absolute atomic E-state index is 0.109. The van der Waals surface area contributed by atoms with Crippen molar-refractivity contribution < 1.29 is 28.6 Å². The van der Waals surface area contributed by atoms with Gasteiger partial charge >= 0.3 is 17.9 Å². The van der Waals surface area contributed by atoms with E-state index in [9.17, 15) is 14.4 Å². The van der Waals surface area contributed by atoms with Gasteiger partial charge in [-0.2, -0.15) is 0 Å². The molecule has 6 nitrogen and oxygen atoms in total. The lowest BCUT2D eigenvalue weighted by molar-refractivity contribution is -0.167. The first-order valence-corrected chi connectivity index (χ1v) is 26.4. The number of allylic oxidation sites excluding steroid dienone is 18. The Balaban J connectivity index is 4.50. The largest absolute Gasteiger partial charge is 0.462 e. The lowest BCUT2D eigenvalue weighted by atomic mass is 10.0. The van der Waals surface area contributed by atoms with Crippen LogP contribution in [0.3, 0.4) is 0 Å². The summed E-state index contributed by atoms with van der Waals surface area (Å²) in [6.07, 6.45) is 70.7. The molecule has 0 aromatic rings. The number of hydrogen-bond acceptors (Lipinski definition) is 6. The minimum atomic E-state index is -0.808. The molecule has 0 rings (SSSR count). The molecule has 0 bridgehead atoms. The summed E-state index contributed by atoms with van der Waals surface area (Å²) in [5.74, 6) is -0.982. The monoisotopic (exact) mass is 901 g/mol. The van der Waals surface area contributed by atoms with Crippen molar-refractivity contribution in [3.05, 3.63) is 109 Å². The number of hydrogen-bond donors (Lipinski definition) is 0. The third-order valence-corrected chi connectivity index (χ3v) is 10.8. The molecule has 0 aliphatic carbocycles. The average molecular weight is 901 g/mol. The van der Waals surface area contributed by atoms with E-state index in [1.54, 1.807) is 0 Å². The Hall–Kier alpha value is -3.93. The van der Waals surface area contributed by atoms with Crippen LogP contribution in [0.4, 0.5) is 0 Å². The maximum absolute atomic E-state index is 12.8. The third kappa shape index (κ3) is 50.9. The van der Waals surface area contributed by atoms with Crippen molar-refractivity contribution in [1.29, 1.82) is 0 Å². The molecule has 0 heterocycles. The lowest BCUT2D eigenvalue weighted by Crippen LogP contribution is -2.30. The Kier molecular flexibility index (Phi) is 49.5. The van der Waals surface area contributed by atoms with Gasteiger partial charge in [0.15, 0.2) is 6.10 Å². The summed E-state index contributed by atoms with van der Waals surface area (Å²) in [5.41, 5.74) is 0. The maximum atomic E-state index is 12.8. The molecule has 0 unspecified atom stereocenters. The molecule has 1 atom stereocenters. The number of ether oxygens (including phenoxy) is 3. The van der Waals surface area contributed by atoms with Crippen molar-refractivity contribution in [1.82, 2.24) is 0 Å². The second kappa shape index (κ2) is 52.7. The summed E-state index contributed by atoms with van der Waals surface area (Å²) in [7, 11) is 0. The highest BCUT2D eigenvalue weighted by atomic mass is 16.6. The zero-order valence-corrected chi connectivity index (χ0v) is 42.0. The first-order valence-electron chi connectivity index (χ1n) is 26.4. The molecule has 0 fully saturated rings. The van der Waals surface area contributed by atoms with Crippen molar-refractivity contribution in [2.45, 2.75) is 232 Å². The van der Waals surface area contributed by atoms with Gasteiger partial charge in [0.05, 0.1) is 0 Å². The zero-order chi connectivity index (χ0) is 47.2. The van der Waals surface area contributed by atoms with Gasteiger partial charge in [-0.15, -0.1) is 0 Å². The Labute approximate surface area is 400 Å². The first-order chi connectivity index (χ1) is 32.0. The van der Waals surface area contributed by atoms with Crippen LogP contribution in [0.15, 0.2) is 109 Å². The van der Waals surface area contributed by atoms with Crippen LogP contribution in [0.5, 0.6) is 0 Å². The topological polar surface area (TPSA) is 78.9 Å². The quantitative estimate of drug-likeness (QED) is 0.0262. The van der Waals surface area contributed by atoms with Crippen LogP contribution in [0.1, 0.15) is 226 Å². The summed E-state index contributed by atoms with van der Waals surface area (Å²) in [4.78, 5) is 38.0. The Morgan fingerprint density at radius 3 is 0.969 bits per heavy atom. The first kappa shape index (κ1) is 61.1. The van der Waals surface area contributed by atoms with Gasteiger partial charge in [-0.05, 0) is 103 Å². The number of carbonyl (C=O) groups excluding carboxylic acids is 3. The molecule has 0 aromatic carbocycles. The molecule has 6 heteroatoms. The fourth-order valence-electron chi connectivity index (χ4n) is 6.87. The van der Waals surface area contributed by atoms with Crippen LogP contribution in [0, 0.1) is 0 Å². The highest BCUT2D eigenvalue weighted by Gasteiger charge is 2.19. The highest BCUT2D eigenvalue weighted by molar-refractivity contribution is 5.71. The van der Waals surface area contributed by atoms with Crippen LogP contribution in [0.2, 0.25) is 0 Å². The smallest absolute Gasteiger partial charge is 0.306 e. The summed E-state index contributed by atoms with van der Waals surface area (Å²) < 4.78 is 16.8. The van der Waals surface area contributed by atoms with E-state index in [1.165, 1.54) is 64.2 Å². The van der Waals surface area contributed by atoms with Crippen LogP contribution in [-0.4, -0.2) is 37.2 Å². The lowest BCUT2D eigenvalue weighted by Gasteiger charge is -2.18. The van der Waals surface area contributed by atoms with Gasteiger partial charge in [0.25, 0.3) is 0 Å². The fraction of sp³-hybridized carbons (Fsp3) is 0.644.